The van der Waals surface area contributed by atoms with Gasteiger partial charge in [-0.2, -0.15) is 0 Å². The van der Waals surface area contributed by atoms with Crippen LogP contribution in [-0.4, -0.2) is 30.1 Å². The minimum atomic E-state index is 0.173. The van der Waals surface area contributed by atoms with Crippen LogP contribution in [0.2, 0.25) is 0 Å². The summed E-state index contributed by atoms with van der Waals surface area (Å²) in [6.45, 7) is 0. The molecule has 0 spiro atoms. The summed E-state index contributed by atoms with van der Waals surface area (Å²) in [5.41, 5.74) is 5.56. The van der Waals surface area contributed by atoms with Crippen LogP contribution in [0.15, 0.2) is 85.2 Å². The van der Waals surface area contributed by atoms with E-state index in [4.69, 9.17) is 9.97 Å². The molecule has 0 unspecified atom stereocenters. The molecule has 144 valence electrons. The van der Waals surface area contributed by atoms with Crippen molar-refractivity contribution in [3.8, 4) is 45.3 Å². The highest BCUT2D eigenvalue weighted by molar-refractivity contribution is 5.91. The number of rotatable bonds is 3. The molecule has 5 aromatic rings. The first kappa shape index (κ1) is 17.8. The van der Waals surface area contributed by atoms with Gasteiger partial charge in [-0.1, -0.05) is 30.3 Å². The van der Waals surface area contributed by atoms with E-state index in [1.165, 1.54) is 6.33 Å². The first-order chi connectivity index (χ1) is 14.7. The topological polar surface area (TPSA) is 92.0 Å². The Morgan fingerprint density at radius 2 is 1.03 bits per heavy atom. The number of benzene rings is 3. The third-order valence-electron chi connectivity index (χ3n) is 4.80. The van der Waals surface area contributed by atoms with Crippen molar-refractivity contribution in [1.82, 2.24) is 19.9 Å². The van der Waals surface area contributed by atoms with Gasteiger partial charge in [0.05, 0.1) is 11.4 Å². The minimum Gasteiger partial charge on any atom is -0.508 e. The number of fused-ring (bicyclic) bond motifs is 1. The lowest BCUT2D eigenvalue weighted by Crippen LogP contribution is -2.00. The van der Waals surface area contributed by atoms with Gasteiger partial charge in [0.25, 0.3) is 0 Å². The van der Waals surface area contributed by atoms with E-state index in [0.29, 0.717) is 28.2 Å². The van der Waals surface area contributed by atoms with Crippen LogP contribution in [0.25, 0.3) is 44.9 Å². The predicted octanol–water partition coefficient (Wildman–Crippen LogP) is 4.83. The molecule has 2 heterocycles. The molecule has 2 aromatic heterocycles. The van der Waals surface area contributed by atoms with Gasteiger partial charge in [-0.25, -0.2) is 19.9 Å². The van der Waals surface area contributed by atoms with Crippen molar-refractivity contribution in [3.05, 3.63) is 85.2 Å². The fourth-order valence-corrected chi connectivity index (χ4v) is 3.33. The van der Waals surface area contributed by atoms with E-state index in [1.807, 2.05) is 30.3 Å². The van der Waals surface area contributed by atoms with Gasteiger partial charge in [0.2, 0.25) is 0 Å². The summed E-state index contributed by atoms with van der Waals surface area (Å²) < 4.78 is 0. The molecule has 0 atom stereocenters. The normalized spacial score (nSPS) is 10.9. The molecular weight excluding hydrogens is 376 g/mol. The summed E-state index contributed by atoms with van der Waals surface area (Å²) in [6.07, 6.45) is 1.49. The van der Waals surface area contributed by atoms with Crippen molar-refractivity contribution in [2.75, 3.05) is 0 Å². The number of aromatic nitrogens is 4. The van der Waals surface area contributed by atoms with E-state index in [9.17, 15) is 10.2 Å². The van der Waals surface area contributed by atoms with E-state index in [-0.39, 0.29) is 11.5 Å². The molecular formula is C24H16N4O2. The number of phenolic OH excluding ortho intramolecular Hbond substituents is 2. The summed E-state index contributed by atoms with van der Waals surface area (Å²) >= 11 is 0. The second-order valence-electron chi connectivity index (χ2n) is 6.78. The van der Waals surface area contributed by atoms with Crippen molar-refractivity contribution in [3.63, 3.8) is 0 Å². The Morgan fingerprint density at radius 1 is 0.500 bits per heavy atom. The van der Waals surface area contributed by atoms with Gasteiger partial charge < -0.3 is 10.2 Å². The van der Waals surface area contributed by atoms with Crippen LogP contribution >= 0.6 is 0 Å². The summed E-state index contributed by atoms with van der Waals surface area (Å²) in [6, 6.07) is 23.4. The zero-order valence-corrected chi connectivity index (χ0v) is 15.8. The van der Waals surface area contributed by atoms with Gasteiger partial charge in [0, 0.05) is 16.7 Å². The molecule has 6 nitrogen and oxygen atoms in total. The molecule has 3 aromatic carbocycles. The predicted molar refractivity (Wildman–Crippen MR) is 115 cm³/mol. The number of hydrogen-bond donors (Lipinski definition) is 2. The maximum Gasteiger partial charge on any atom is 0.182 e. The van der Waals surface area contributed by atoms with E-state index >= 15 is 0 Å². The molecule has 0 aliphatic rings. The number of aromatic hydroxyl groups is 2. The van der Waals surface area contributed by atoms with E-state index in [1.54, 1.807) is 48.5 Å². The quantitative estimate of drug-likeness (QED) is 0.457. The summed E-state index contributed by atoms with van der Waals surface area (Å²) in [7, 11) is 0. The van der Waals surface area contributed by atoms with Crippen molar-refractivity contribution in [2.24, 2.45) is 0 Å². The van der Waals surface area contributed by atoms with Crippen LogP contribution in [0.3, 0.4) is 0 Å². The summed E-state index contributed by atoms with van der Waals surface area (Å²) in [5, 5.41) is 19.4. The van der Waals surface area contributed by atoms with Crippen molar-refractivity contribution >= 4 is 11.2 Å². The Hall–Kier alpha value is -4.32. The van der Waals surface area contributed by atoms with E-state index < -0.39 is 0 Å². The van der Waals surface area contributed by atoms with Crippen LogP contribution in [0.5, 0.6) is 11.5 Å². The lowest BCUT2D eigenvalue weighted by atomic mass is 10.0. The molecule has 30 heavy (non-hydrogen) atoms. The fourth-order valence-electron chi connectivity index (χ4n) is 3.33. The maximum atomic E-state index is 9.70. The number of phenols is 2. The average molecular weight is 392 g/mol. The highest BCUT2D eigenvalue weighted by Gasteiger charge is 2.17. The second kappa shape index (κ2) is 7.25. The van der Waals surface area contributed by atoms with Crippen LogP contribution in [0.1, 0.15) is 0 Å². The Morgan fingerprint density at radius 3 is 1.63 bits per heavy atom. The van der Waals surface area contributed by atoms with E-state index in [0.717, 1.165) is 16.7 Å². The third kappa shape index (κ3) is 3.20. The molecule has 0 saturated heterocycles. The Labute approximate surface area is 172 Å². The van der Waals surface area contributed by atoms with Crippen LogP contribution < -0.4 is 0 Å². The average Bonchev–Trinajstić information content (AvgIpc) is 2.79. The van der Waals surface area contributed by atoms with Crippen molar-refractivity contribution in [2.45, 2.75) is 0 Å². The highest BCUT2D eigenvalue weighted by Crippen LogP contribution is 2.34. The van der Waals surface area contributed by atoms with Gasteiger partial charge in [0.1, 0.15) is 29.0 Å². The molecule has 0 aliphatic heterocycles. The first-order valence-corrected chi connectivity index (χ1v) is 9.36. The molecule has 0 amide bonds. The number of hydrogen-bond acceptors (Lipinski definition) is 6. The minimum absolute atomic E-state index is 0.173. The Balaban J connectivity index is 1.81. The van der Waals surface area contributed by atoms with Gasteiger partial charge >= 0.3 is 0 Å². The molecule has 0 aliphatic carbocycles. The largest absolute Gasteiger partial charge is 0.508 e. The zero-order valence-electron chi connectivity index (χ0n) is 15.8. The first-order valence-electron chi connectivity index (χ1n) is 9.36. The van der Waals surface area contributed by atoms with Gasteiger partial charge in [-0.15, -0.1) is 0 Å². The molecule has 0 fully saturated rings. The van der Waals surface area contributed by atoms with Crippen LogP contribution in [0, 0.1) is 0 Å². The standard InChI is InChI=1S/C24H16N4O2/c29-18-10-6-16(7-11-18)21-22(17-8-12-19(30)13-9-17)28-24-23(27-21)20(25-14-26-24)15-4-2-1-3-5-15/h1-14,29-30H. The highest BCUT2D eigenvalue weighted by atomic mass is 16.3. The SMILES string of the molecule is Oc1ccc(-c2nc3ncnc(-c4ccccc4)c3nc2-c2ccc(O)cc2)cc1. The molecule has 0 radical (unpaired) electrons. The van der Waals surface area contributed by atoms with Crippen molar-refractivity contribution in [1.29, 1.82) is 0 Å². The lowest BCUT2D eigenvalue weighted by Gasteiger charge is -2.12. The molecule has 6 heteroatoms. The summed E-state index contributed by atoms with van der Waals surface area (Å²) in [5.74, 6) is 0.347. The smallest absolute Gasteiger partial charge is 0.182 e. The van der Waals surface area contributed by atoms with Gasteiger partial charge in [0.15, 0.2) is 5.65 Å². The van der Waals surface area contributed by atoms with Gasteiger partial charge in [-0.05, 0) is 48.5 Å². The van der Waals surface area contributed by atoms with Crippen LogP contribution in [-0.2, 0) is 0 Å². The zero-order chi connectivity index (χ0) is 20.5. The van der Waals surface area contributed by atoms with E-state index in [2.05, 4.69) is 9.97 Å². The number of nitrogens with zero attached hydrogens (tertiary/aromatic N) is 4. The fraction of sp³-hybridized carbons (Fsp3) is 0. The lowest BCUT2D eigenvalue weighted by molar-refractivity contribution is 0.475. The maximum absolute atomic E-state index is 9.70. The van der Waals surface area contributed by atoms with Crippen LogP contribution in [0.4, 0.5) is 0 Å². The third-order valence-corrected chi connectivity index (χ3v) is 4.80. The Kier molecular flexibility index (Phi) is 4.29. The van der Waals surface area contributed by atoms with Crippen molar-refractivity contribution < 1.29 is 10.2 Å². The molecule has 0 bridgehead atoms. The monoisotopic (exact) mass is 392 g/mol. The second-order valence-corrected chi connectivity index (χ2v) is 6.78. The molecule has 2 N–H and O–H groups in total. The van der Waals surface area contributed by atoms with Gasteiger partial charge in [-0.3, -0.25) is 0 Å². The molecule has 5 rings (SSSR count). The Bertz CT molecular complexity index is 1340. The molecule has 0 saturated carbocycles. The summed E-state index contributed by atoms with van der Waals surface area (Å²) in [4.78, 5) is 18.5.